The predicted octanol–water partition coefficient (Wildman–Crippen LogP) is 0.540. The lowest BCUT2D eigenvalue weighted by atomic mass is 10.1. The first-order chi connectivity index (χ1) is 8.74. The standard InChI is InChI=1S/C13H22N2O3/c1-2-3-7-18-8-6-15-11(16)9-14-13(17)12(15)10-4-5-10/h10,12H,2-9H2,1H3,(H,14,17). The summed E-state index contributed by atoms with van der Waals surface area (Å²) in [5, 5.41) is 2.67. The molecule has 5 nitrogen and oxygen atoms in total. The number of carbonyl (C=O) groups excluding carboxylic acids is 2. The second kappa shape index (κ2) is 6.18. The summed E-state index contributed by atoms with van der Waals surface area (Å²) in [4.78, 5) is 25.4. The van der Waals surface area contributed by atoms with Crippen LogP contribution in [0.4, 0.5) is 0 Å². The van der Waals surface area contributed by atoms with Crippen LogP contribution in [0.5, 0.6) is 0 Å². The van der Waals surface area contributed by atoms with E-state index in [0.717, 1.165) is 32.3 Å². The van der Waals surface area contributed by atoms with Crippen LogP contribution in [0.1, 0.15) is 32.6 Å². The van der Waals surface area contributed by atoms with Crippen LogP contribution in [-0.4, -0.2) is 49.1 Å². The zero-order valence-electron chi connectivity index (χ0n) is 11.0. The van der Waals surface area contributed by atoms with Gasteiger partial charge in [0.2, 0.25) is 11.8 Å². The molecule has 1 aliphatic heterocycles. The van der Waals surface area contributed by atoms with Crippen LogP contribution < -0.4 is 5.32 Å². The number of hydrogen-bond acceptors (Lipinski definition) is 3. The molecular weight excluding hydrogens is 232 g/mol. The van der Waals surface area contributed by atoms with E-state index in [4.69, 9.17) is 4.74 Å². The van der Waals surface area contributed by atoms with Crippen LogP contribution in [0.3, 0.4) is 0 Å². The van der Waals surface area contributed by atoms with Crippen molar-refractivity contribution in [3.63, 3.8) is 0 Å². The minimum Gasteiger partial charge on any atom is -0.380 e. The third-order valence-electron chi connectivity index (χ3n) is 3.53. The Labute approximate surface area is 108 Å². The highest BCUT2D eigenvalue weighted by molar-refractivity contribution is 5.95. The molecule has 0 aromatic carbocycles. The molecule has 5 heteroatoms. The van der Waals surface area contributed by atoms with E-state index in [1.165, 1.54) is 0 Å². The third kappa shape index (κ3) is 3.22. The van der Waals surface area contributed by atoms with Gasteiger partial charge in [-0.2, -0.15) is 0 Å². The number of amides is 2. The minimum atomic E-state index is -0.249. The van der Waals surface area contributed by atoms with E-state index >= 15 is 0 Å². The normalized spacial score (nSPS) is 24.3. The highest BCUT2D eigenvalue weighted by atomic mass is 16.5. The zero-order chi connectivity index (χ0) is 13.0. The van der Waals surface area contributed by atoms with Crippen LogP contribution in [0.15, 0.2) is 0 Å². The van der Waals surface area contributed by atoms with Gasteiger partial charge in [-0.05, 0) is 25.2 Å². The average molecular weight is 254 g/mol. The van der Waals surface area contributed by atoms with Gasteiger partial charge in [-0.1, -0.05) is 13.3 Å². The Kier molecular flexibility index (Phi) is 4.58. The molecule has 1 saturated heterocycles. The molecule has 2 amide bonds. The summed E-state index contributed by atoms with van der Waals surface area (Å²) in [6, 6.07) is -0.249. The molecule has 0 radical (unpaired) electrons. The zero-order valence-corrected chi connectivity index (χ0v) is 11.0. The van der Waals surface area contributed by atoms with Gasteiger partial charge in [0, 0.05) is 13.2 Å². The number of piperazine rings is 1. The maximum atomic E-state index is 11.9. The Morgan fingerprint density at radius 2 is 2.11 bits per heavy atom. The van der Waals surface area contributed by atoms with Crippen molar-refractivity contribution in [2.75, 3.05) is 26.3 Å². The average Bonchev–Trinajstić information content (AvgIpc) is 3.17. The smallest absolute Gasteiger partial charge is 0.243 e. The van der Waals surface area contributed by atoms with Gasteiger partial charge >= 0.3 is 0 Å². The Balaban J connectivity index is 1.82. The summed E-state index contributed by atoms with van der Waals surface area (Å²) in [5.41, 5.74) is 0. The molecular formula is C13H22N2O3. The van der Waals surface area contributed by atoms with Gasteiger partial charge in [-0.25, -0.2) is 0 Å². The van der Waals surface area contributed by atoms with Crippen LogP contribution >= 0.6 is 0 Å². The van der Waals surface area contributed by atoms with Crippen LogP contribution in [0, 0.1) is 5.92 Å². The summed E-state index contributed by atoms with van der Waals surface area (Å²) in [5.74, 6) is 0.390. The molecule has 1 aliphatic carbocycles. The van der Waals surface area contributed by atoms with Crippen LogP contribution in [0.25, 0.3) is 0 Å². The van der Waals surface area contributed by atoms with E-state index in [1.807, 2.05) is 0 Å². The van der Waals surface area contributed by atoms with E-state index in [9.17, 15) is 9.59 Å². The fourth-order valence-corrected chi connectivity index (χ4v) is 2.32. The lowest BCUT2D eigenvalue weighted by molar-refractivity contribution is -0.147. The van der Waals surface area contributed by atoms with E-state index in [1.54, 1.807) is 4.90 Å². The monoisotopic (exact) mass is 254 g/mol. The van der Waals surface area contributed by atoms with Gasteiger partial charge in [0.1, 0.15) is 6.04 Å². The Morgan fingerprint density at radius 3 is 2.78 bits per heavy atom. The number of rotatable bonds is 7. The lowest BCUT2D eigenvalue weighted by Gasteiger charge is -2.35. The molecule has 102 valence electrons. The van der Waals surface area contributed by atoms with Gasteiger partial charge in [0.15, 0.2) is 0 Å². The number of hydrogen-bond donors (Lipinski definition) is 1. The summed E-state index contributed by atoms with van der Waals surface area (Å²) in [6.45, 7) is 4.06. The van der Waals surface area contributed by atoms with Crippen molar-refractivity contribution >= 4 is 11.8 Å². The van der Waals surface area contributed by atoms with Crippen molar-refractivity contribution in [3.05, 3.63) is 0 Å². The fraction of sp³-hybridized carbons (Fsp3) is 0.846. The number of carbonyl (C=O) groups is 2. The molecule has 1 N–H and O–H groups in total. The van der Waals surface area contributed by atoms with Crippen LogP contribution in [-0.2, 0) is 14.3 Å². The molecule has 0 spiro atoms. The summed E-state index contributed by atoms with van der Waals surface area (Å²) in [7, 11) is 0. The second-order valence-electron chi connectivity index (χ2n) is 5.05. The van der Waals surface area contributed by atoms with Gasteiger partial charge in [-0.3, -0.25) is 9.59 Å². The molecule has 0 aromatic heterocycles. The highest BCUT2D eigenvalue weighted by Crippen LogP contribution is 2.36. The summed E-state index contributed by atoms with van der Waals surface area (Å²) in [6.07, 6.45) is 4.26. The molecule has 1 saturated carbocycles. The van der Waals surface area contributed by atoms with E-state index in [-0.39, 0.29) is 24.4 Å². The summed E-state index contributed by atoms with van der Waals surface area (Å²) < 4.78 is 5.48. The Hall–Kier alpha value is -1.10. The van der Waals surface area contributed by atoms with E-state index in [2.05, 4.69) is 12.2 Å². The second-order valence-corrected chi connectivity index (χ2v) is 5.05. The Bertz CT molecular complexity index is 315. The number of nitrogens with one attached hydrogen (secondary N) is 1. The van der Waals surface area contributed by atoms with Gasteiger partial charge < -0.3 is 15.0 Å². The number of unbranched alkanes of at least 4 members (excludes halogenated alkanes) is 1. The van der Waals surface area contributed by atoms with Crippen molar-refractivity contribution in [3.8, 4) is 0 Å². The predicted molar refractivity (Wildman–Crippen MR) is 67.0 cm³/mol. The first-order valence-electron chi connectivity index (χ1n) is 6.89. The third-order valence-corrected chi connectivity index (χ3v) is 3.53. The van der Waals surface area contributed by atoms with Crippen molar-refractivity contribution in [2.24, 2.45) is 5.92 Å². The Morgan fingerprint density at radius 1 is 1.33 bits per heavy atom. The molecule has 1 unspecified atom stereocenters. The molecule has 0 aromatic rings. The lowest BCUT2D eigenvalue weighted by Crippen LogP contribution is -2.59. The maximum absolute atomic E-state index is 11.9. The maximum Gasteiger partial charge on any atom is 0.243 e. The fourth-order valence-electron chi connectivity index (χ4n) is 2.32. The molecule has 2 rings (SSSR count). The molecule has 1 heterocycles. The van der Waals surface area contributed by atoms with E-state index in [0.29, 0.717) is 19.1 Å². The van der Waals surface area contributed by atoms with Crippen molar-refractivity contribution in [2.45, 2.75) is 38.6 Å². The molecule has 1 atom stereocenters. The van der Waals surface area contributed by atoms with Gasteiger partial charge in [0.05, 0.1) is 13.2 Å². The minimum absolute atomic E-state index is 0.00524. The van der Waals surface area contributed by atoms with Crippen molar-refractivity contribution in [1.29, 1.82) is 0 Å². The molecule has 2 fully saturated rings. The molecule has 18 heavy (non-hydrogen) atoms. The first kappa shape index (κ1) is 13.3. The van der Waals surface area contributed by atoms with Gasteiger partial charge in [-0.15, -0.1) is 0 Å². The SMILES string of the molecule is CCCCOCCN1C(=O)CNC(=O)C1C1CC1. The largest absolute Gasteiger partial charge is 0.380 e. The first-order valence-corrected chi connectivity index (χ1v) is 6.89. The highest BCUT2D eigenvalue weighted by Gasteiger charge is 2.44. The van der Waals surface area contributed by atoms with Crippen LogP contribution in [0.2, 0.25) is 0 Å². The molecule has 0 bridgehead atoms. The van der Waals surface area contributed by atoms with E-state index < -0.39 is 0 Å². The summed E-state index contributed by atoms with van der Waals surface area (Å²) >= 11 is 0. The number of ether oxygens (including phenoxy) is 1. The quantitative estimate of drug-likeness (QED) is 0.675. The van der Waals surface area contributed by atoms with Crippen molar-refractivity contribution in [1.82, 2.24) is 10.2 Å². The topological polar surface area (TPSA) is 58.6 Å². The van der Waals surface area contributed by atoms with Crippen molar-refractivity contribution < 1.29 is 14.3 Å². The number of nitrogens with zero attached hydrogens (tertiary/aromatic N) is 1. The van der Waals surface area contributed by atoms with Gasteiger partial charge in [0.25, 0.3) is 0 Å². The molecule has 2 aliphatic rings.